The highest BCUT2D eigenvalue weighted by molar-refractivity contribution is 7.13. The predicted octanol–water partition coefficient (Wildman–Crippen LogP) is 2.80. The number of benzene rings is 1. The molecule has 1 saturated heterocycles. The number of aliphatic hydroxyl groups excluding tert-OH is 1. The minimum Gasteiger partial charge on any atom is -0.444 e. The molecule has 2 aromatic rings. The number of β-amino-alcohol motifs (C(OH)–C–C–N with tert-alkyl or cyclic N) is 1. The average molecular weight is 720 g/mol. The first kappa shape index (κ1) is 40.8. The summed E-state index contributed by atoms with van der Waals surface area (Å²) < 4.78 is 21.4. The molecule has 4 N–H and O–H groups in total. The standard InChI is InChI=1S/C35H53N5O9S/c1-23-29(50-22-38-23)25-10-8-24(9-11-25)19-37-31(43)27-18-26(41)20-40(27)32(44)30(34(2,3)4)39-28(42)21-48-17-16-47-15-14-46-13-12-36-33(45)49-35(5,6)7/h8-11,22,26-27,30,41H,12-21H2,1-7H3,(H,36,45)(H,37,43)(H,39,42)/t26-,27+,30-/m1/s1. The Morgan fingerprint density at radius 2 is 1.60 bits per heavy atom. The van der Waals surface area contributed by atoms with E-state index in [1.54, 1.807) is 32.1 Å². The number of nitrogens with one attached hydrogen (secondary N) is 3. The van der Waals surface area contributed by atoms with Crippen LogP contribution < -0.4 is 16.0 Å². The van der Waals surface area contributed by atoms with Crippen LogP contribution in [-0.4, -0.2) is 115 Å². The van der Waals surface area contributed by atoms with Gasteiger partial charge in [0.2, 0.25) is 17.7 Å². The summed E-state index contributed by atoms with van der Waals surface area (Å²) >= 11 is 1.57. The lowest BCUT2D eigenvalue weighted by molar-refractivity contribution is -0.144. The monoisotopic (exact) mass is 719 g/mol. The summed E-state index contributed by atoms with van der Waals surface area (Å²) in [6.07, 6.45) is -1.27. The Labute approximate surface area is 298 Å². The van der Waals surface area contributed by atoms with Gasteiger partial charge in [-0.15, -0.1) is 11.3 Å². The summed E-state index contributed by atoms with van der Waals surface area (Å²) in [5.74, 6) is -1.31. The van der Waals surface area contributed by atoms with Crippen LogP contribution in [0.25, 0.3) is 10.4 Å². The molecule has 1 aliphatic rings. The first-order valence-electron chi connectivity index (χ1n) is 16.8. The molecular weight excluding hydrogens is 666 g/mol. The van der Waals surface area contributed by atoms with Gasteiger partial charge in [-0.05, 0) is 44.2 Å². The van der Waals surface area contributed by atoms with Crippen LogP contribution >= 0.6 is 11.3 Å². The van der Waals surface area contributed by atoms with Crippen molar-refractivity contribution in [3.05, 3.63) is 41.0 Å². The number of amides is 4. The van der Waals surface area contributed by atoms with Crippen LogP contribution in [0.15, 0.2) is 29.8 Å². The maximum absolute atomic E-state index is 13.8. The number of likely N-dealkylation sites (tertiary alicyclic amines) is 1. The number of aryl methyl sites for hydroxylation is 1. The number of rotatable bonds is 17. The molecule has 1 aromatic heterocycles. The van der Waals surface area contributed by atoms with E-state index >= 15 is 0 Å². The van der Waals surface area contributed by atoms with Crippen molar-refractivity contribution < 1.29 is 43.2 Å². The molecule has 0 radical (unpaired) electrons. The van der Waals surface area contributed by atoms with Gasteiger partial charge in [0.1, 0.15) is 24.3 Å². The highest BCUT2D eigenvalue weighted by Crippen LogP contribution is 2.28. The molecule has 1 aromatic carbocycles. The SMILES string of the molecule is Cc1ncsc1-c1ccc(CNC(=O)[C@@H]2C[C@@H](O)CN2C(=O)[C@@H](NC(=O)COCCOCCOCCNC(=O)OC(C)(C)C)C(C)(C)C)cc1. The van der Waals surface area contributed by atoms with Gasteiger partial charge < -0.3 is 44.9 Å². The van der Waals surface area contributed by atoms with Crippen molar-refractivity contribution in [2.24, 2.45) is 5.41 Å². The van der Waals surface area contributed by atoms with E-state index in [9.17, 15) is 24.3 Å². The minimum atomic E-state index is -0.958. The number of aromatic nitrogens is 1. The largest absolute Gasteiger partial charge is 0.444 e. The molecule has 0 saturated carbocycles. The molecule has 1 aliphatic heterocycles. The van der Waals surface area contributed by atoms with E-state index in [1.165, 1.54) is 4.90 Å². The second-order valence-electron chi connectivity index (χ2n) is 14.2. The van der Waals surface area contributed by atoms with E-state index < -0.39 is 47.1 Å². The van der Waals surface area contributed by atoms with Gasteiger partial charge in [0, 0.05) is 26.1 Å². The zero-order chi connectivity index (χ0) is 36.9. The molecule has 0 unspecified atom stereocenters. The summed E-state index contributed by atoms with van der Waals surface area (Å²) in [5, 5.41) is 18.7. The Hall–Kier alpha value is -3.63. The number of thiazole rings is 1. The van der Waals surface area contributed by atoms with Gasteiger partial charge >= 0.3 is 6.09 Å². The molecule has 0 aliphatic carbocycles. The zero-order valence-corrected chi connectivity index (χ0v) is 31.0. The quantitative estimate of drug-likeness (QED) is 0.178. The van der Waals surface area contributed by atoms with Gasteiger partial charge in [-0.3, -0.25) is 14.4 Å². The lowest BCUT2D eigenvalue weighted by Gasteiger charge is -2.35. The molecule has 0 bridgehead atoms. The summed E-state index contributed by atoms with van der Waals surface area (Å²) in [4.78, 5) is 58.2. The van der Waals surface area contributed by atoms with Crippen molar-refractivity contribution in [3.63, 3.8) is 0 Å². The van der Waals surface area contributed by atoms with Crippen molar-refractivity contribution in [1.29, 1.82) is 0 Å². The van der Waals surface area contributed by atoms with Gasteiger partial charge in [-0.2, -0.15) is 0 Å². The highest BCUT2D eigenvalue weighted by Gasteiger charge is 2.44. The van der Waals surface area contributed by atoms with E-state index in [0.717, 1.165) is 21.7 Å². The molecule has 0 spiro atoms. The lowest BCUT2D eigenvalue weighted by atomic mass is 9.85. The van der Waals surface area contributed by atoms with E-state index in [2.05, 4.69) is 20.9 Å². The van der Waals surface area contributed by atoms with Crippen molar-refractivity contribution >= 4 is 35.2 Å². The fourth-order valence-electron chi connectivity index (χ4n) is 5.13. The second kappa shape index (κ2) is 19.1. The third-order valence-corrected chi connectivity index (χ3v) is 8.58. The molecular formula is C35H53N5O9S. The maximum atomic E-state index is 13.8. The minimum absolute atomic E-state index is 0.0138. The third kappa shape index (κ3) is 13.6. The second-order valence-corrected chi connectivity index (χ2v) is 15.0. The van der Waals surface area contributed by atoms with Crippen molar-refractivity contribution in [1.82, 2.24) is 25.8 Å². The van der Waals surface area contributed by atoms with Crippen molar-refractivity contribution in [2.75, 3.05) is 52.7 Å². The zero-order valence-electron chi connectivity index (χ0n) is 30.2. The molecule has 2 heterocycles. The van der Waals surface area contributed by atoms with Crippen molar-refractivity contribution in [2.45, 2.75) is 85.2 Å². The number of ether oxygens (including phenoxy) is 4. The fourth-order valence-corrected chi connectivity index (χ4v) is 5.94. The third-order valence-electron chi connectivity index (χ3n) is 7.60. The van der Waals surface area contributed by atoms with E-state index in [1.807, 2.05) is 57.5 Å². The Morgan fingerprint density at radius 1 is 0.960 bits per heavy atom. The Kier molecular flexibility index (Phi) is 15.6. The molecule has 3 rings (SSSR count). The van der Waals surface area contributed by atoms with Crippen LogP contribution in [-0.2, 0) is 39.9 Å². The molecule has 278 valence electrons. The average Bonchev–Trinajstić information content (AvgIpc) is 3.65. The molecule has 4 amide bonds. The van der Waals surface area contributed by atoms with Crippen LogP contribution in [0.2, 0.25) is 0 Å². The number of nitrogens with zero attached hydrogens (tertiary/aromatic N) is 2. The normalized spacial score (nSPS) is 16.9. The lowest BCUT2D eigenvalue weighted by Crippen LogP contribution is -2.58. The first-order chi connectivity index (χ1) is 23.5. The van der Waals surface area contributed by atoms with E-state index in [-0.39, 0.29) is 45.2 Å². The summed E-state index contributed by atoms with van der Waals surface area (Å²) in [7, 11) is 0. The smallest absolute Gasteiger partial charge is 0.407 e. The number of alkyl carbamates (subject to hydrolysis) is 1. The summed E-state index contributed by atoms with van der Waals surface area (Å²) in [6.45, 7) is 14.3. The van der Waals surface area contributed by atoms with Crippen LogP contribution in [0.1, 0.15) is 59.2 Å². The summed E-state index contributed by atoms with van der Waals surface area (Å²) in [5.41, 5.74) is 3.46. The maximum Gasteiger partial charge on any atom is 0.407 e. The molecule has 15 heteroatoms. The molecule has 14 nitrogen and oxygen atoms in total. The van der Waals surface area contributed by atoms with Gasteiger partial charge in [-0.25, -0.2) is 9.78 Å². The Morgan fingerprint density at radius 3 is 2.20 bits per heavy atom. The van der Waals surface area contributed by atoms with Gasteiger partial charge in [0.15, 0.2) is 0 Å². The number of carbonyl (C=O) groups is 4. The van der Waals surface area contributed by atoms with Crippen LogP contribution in [0.3, 0.4) is 0 Å². The van der Waals surface area contributed by atoms with Gasteiger partial charge in [0.05, 0.1) is 55.2 Å². The molecule has 50 heavy (non-hydrogen) atoms. The van der Waals surface area contributed by atoms with Crippen molar-refractivity contribution in [3.8, 4) is 10.4 Å². The van der Waals surface area contributed by atoms with Crippen LogP contribution in [0.5, 0.6) is 0 Å². The highest BCUT2D eigenvalue weighted by atomic mass is 32.1. The Bertz CT molecular complexity index is 1400. The number of hydrogen-bond donors (Lipinski definition) is 4. The number of aliphatic hydroxyl groups is 1. The van der Waals surface area contributed by atoms with Gasteiger partial charge in [-0.1, -0.05) is 45.0 Å². The number of carbonyl (C=O) groups excluding carboxylic acids is 4. The topological polar surface area (TPSA) is 178 Å². The van der Waals surface area contributed by atoms with E-state index in [4.69, 9.17) is 18.9 Å². The summed E-state index contributed by atoms with van der Waals surface area (Å²) in [6, 6.07) is 6.01. The fraction of sp³-hybridized carbons (Fsp3) is 0.629. The van der Waals surface area contributed by atoms with E-state index in [0.29, 0.717) is 26.4 Å². The van der Waals surface area contributed by atoms with Crippen LogP contribution in [0, 0.1) is 12.3 Å². The molecule has 3 atom stereocenters. The molecule has 1 fully saturated rings. The van der Waals surface area contributed by atoms with Crippen LogP contribution in [0.4, 0.5) is 4.79 Å². The first-order valence-corrected chi connectivity index (χ1v) is 17.7. The predicted molar refractivity (Wildman–Crippen MR) is 188 cm³/mol. The number of hydrogen-bond acceptors (Lipinski definition) is 11. The Balaban J connectivity index is 1.39. The van der Waals surface area contributed by atoms with Gasteiger partial charge in [0.25, 0.3) is 0 Å².